The number of nitrogens with zero attached hydrogens (tertiary/aromatic N) is 3. The molecule has 0 N–H and O–H groups in total. The van der Waals surface area contributed by atoms with Gasteiger partial charge in [0.2, 0.25) is 0 Å². The van der Waals surface area contributed by atoms with Gasteiger partial charge in [-0.1, -0.05) is 84.9 Å². The molecule has 0 atom stereocenters. The topological polar surface area (TPSA) is 30.7 Å². The van der Waals surface area contributed by atoms with Gasteiger partial charge in [0.05, 0.1) is 10.5 Å². The number of aryl methyl sites for hydroxylation is 1. The number of benzene rings is 3. The summed E-state index contributed by atoms with van der Waals surface area (Å²) in [6, 6.07) is 29.1. The molecule has 0 spiro atoms. The molecule has 0 fully saturated rings. The van der Waals surface area contributed by atoms with Crippen molar-refractivity contribution in [3.05, 3.63) is 96.2 Å². The monoisotopic (exact) mass is 698 g/mol. The first-order valence-electron chi connectivity index (χ1n) is 12.0. The maximum absolute atomic E-state index is 5.64. The molecule has 6 heteroatoms. The van der Waals surface area contributed by atoms with E-state index in [9.17, 15) is 0 Å². The SMILES string of the molecule is Cc1ccc2ccc(Sc3[c-]c4c(cc3)c3ccccc3n4-c3cc(C(C)(C)C)ccn3)nc2c1[S-].[Pt+2]. The molecule has 6 aromatic rings. The van der Waals surface area contributed by atoms with Crippen molar-refractivity contribution in [1.29, 1.82) is 0 Å². The molecule has 186 valence electrons. The van der Waals surface area contributed by atoms with Crippen LogP contribution in [0.3, 0.4) is 0 Å². The summed E-state index contributed by atoms with van der Waals surface area (Å²) < 4.78 is 2.22. The zero-order chi connectivity index (χ0) is 25.0. The average Bonchev–Trinajstić information content (AvgIpc) is 3.20. The second-order valence-electron chi connectivity index (χ2n) is 10.1. The molecule has 0 amide bonds. The van der Waals surface area contributed by atoms with Gasteiger partial charge >= 0.3 is 21.1 Å². The van der Waals surface area contributed by atoms with Gasteiger partial charge in [-0.05, 0) is 52.9 Å². The fraction of sp³-hybridized carbons (Fsp3) is 0.161. The average molecular weight is 699 g/mol. The molecule has 0 unspecified atom stereocenters. The van der Waals surface area contributed by atoms with Gasteiger partial charge in [-0.2, -0.15) is 12.1 Å². The summed E-state index contributed by atoms with van der Waals surface area (Å²) in [5, 5.41) is 4.33. The minimum absolute atomic E-state index is 0. The van der Waals surface area contributed by atoms with Crippen LogP contribution in [0.15, 0.2) is 93.8 Å². The van der Waals surface area contributed by atoms with Gasteiger partial charge in [-0.3, -0.25) is 0 Å². The Morgan fingerprint density at radius 3 is 2.51 bits per heavy atom. The predicted octanol–water partition coefficient (Wildman–Crippen LogP) is 8.19. The van der Waals surface area contributed by atoms with Crippen LogP contribution in [0.25, 0.3) is 38.5 Å². The number of hydrogen-bond donors (Lipinski definition) is 0. The summed E-state index contributed by atoms with van der Waals surface area (Å²) >= 11 is 7.24. The molecule has 3 nitrogen and oxygen atoms in total. The zero-order valence-corrected chi connectivity index (χ0v) is 24.9. The van der Waals surface area contributed by atoms with Crippen molar-refractivity contribution >= 4 is 57.1 Å². The van der Waals surface area contributed by atoms with E-state index in [2.05, 4.69) is 104 Å². The largest absolute Gasteiger partial charge is 2.00 e. The van der Waals surface area contributed by atoms with E-state index in [0.29, 0.717) is 0 Å². The minimum atomic E-state index is 0. The Balaban J connectivity index is 0.00000280. The first-order valence-corrected chi connectivity index (χ1v) is 13.2. The smallest absolute Gasteiger partial charge is 0.777 e. The second-order valence-corrected chi connectivity index (χ2v) is 11.6. The van der Waals surface area contributed by atoms with Gasteiger partial charge in [-0.15, -0.1) is 16.3 Å². The van der Waals surface area contributed by atoms with E-state index in [0.717, 1.165) is 53.5 Å². The Bertz CT molecular complexity index is 1780. The van der Waals surface area contributed by atoms with E-state index in [1.54, 1.807) is 11.8 Å². The number of rotatable bonds is 3. The third-order valence-electron chi connectivity index (χ3n) is 6.60. The van der Waals surface area contributed by atoms with Crippen LogP contribution in [-0.2, 0) is 39.1 Å². The summed E-state index contributed by atoms with van der Waals surface area (Å²) in [5.74, 6) is 0.905. The van der Waals surface area contributed by atoms with Crippen molar-refractivity contribution in [2.45, 2.75) is 47.9 Å². The third kappa shape index (κ3) is 4.69. The molecule has 0 saturated carbocycles. The Morgan fingerprint density at radius 1 is 0.919 bits per heavy atom. The molecule has 37 heavy (non-hydrogen) atoms. The van der Waals surface area contributed by atoms with Crippen molar-refractivity contribution in [3.63, 3.8) is 0 Å². The van der Waals surface area contributed by atoms with Gasteiger partial charge in [0.25, 0.3) is 0 Å². The van der Waals surface area contributed by atoms with E-state index in [-0.39, 0.29) is 26.5 Å². The Hall–Kier alpha value is -2.72. The van der Waals surface area contributed by atoms with Gasteiger partial charge in [0.15, 0.2) is 0 Å². The van der Waals surface area contributed by atoms with Crippen LogP contribution in [0.1, 0.15) is 31.9 Å². The quantitative estimate of drug-likeness (QED) is 0.138. The fourth-order valence-corrected chi connectivity index (χ4v) is 5.61. The summed E-state index contributed by atoms with van der Waals surface area (Å²) in [7, 11) is 0. The molecule has 0 saturated heterocycles. The maximum Gasteiger partial charge on any atom is 2.00 e. The van der Waals surface area contributed by atoms with Crippen LogP contribution in [0.5, 0.6) is 0 Å². The number of fused-ring (bicyclic) bond motifs is 4. The van der Waals surface area contributed by atoms with E-state index in [1.807, 2.05) is 13.1 Å². The summed E-state index contributed by atoms with van der Waals surface area (Å²) in [5.41, 5.74) is 5.38. The van der Waals surface area contributed by atoms with Crippen molar-refractivity contribution in [1.82, 2.24) is 14.5 Å². The first-order chi connectivity index (χ1) is 17.3. The molecule has 0 radical (unpaired) electrons. The first kappa shape index (κ1) is 25.9. The Labute approximate surface area is 241 Å². The molecule has 0 aliphatic heterocycles. The third-order valence-corrected chi connectivity index (χ3v) is 8.01. The van der Waals surface area contributed by atoms with Crippen LogP contribution in [-0.4, -0.2) is 14.5 Å². The van der Waals surface area contributed by atoms with E-state index in [1.165, 1.54) is 10.9 Å². The number of hydrogen-bond acceptors (Lipinski definition) is 4. The van der Waals surface area contributed by atoms with Crippen LogP contribution in [0, 0.1) is 13.0 Å². The standard InChI is InChI=1S/C31H26N3S2.Pt/c1-19-9-10-20-11-14-28(33-29(20)30(19)35)36-22-12-13-24-23-7-5-6-8-25(23)34(26(24)18-22)27-17-21(15-16-32-27)31(2,3)4;/h5-17,35H,1-4H3;/q-1;+2/p-1. The Kier molecular flexibility index (Phi) is 6.91. The second kappa shape index (κ2) is 9.87. The number of pyridine rings is 2. The molecule has 0 aliphatic carbocycles. The number of aromatic nitrogens is 3. The summed E-state index contributed by atoms with van der Waals surface area (Å²) in [6.45, 7) is 8.72. The normalized spacial score (nSPS) is 11.8. The van der Waals surface area contributed by atoms with Crippen molar-refractivity contribution in [3.8, 4) is 5.82 Å². The fourth-order valence-electron chi connectivity index (χ4n) is 4.59. The van der Waals surface area contributed by atoms with E-state index in [4.69, 9.17) is 22.6 Å². The van der Waals surface area contributed by atoms with Crippen LogP contribution >= 0.6 is 11.8 Å². The van der Waals surface area contributed by atoms with E-state index >= 15 is 0 Å². The van der Waals surface area contributed by atoms with Crippen LogP contribution in [0.2, 0.25) is 0 Å². The van der Waals surface area contributed by atoms with Crippen LogP contribution < -0.4 is 0 Å². The predicted molar refractivity (Wildman–Crippen MR) is 152 cm³/mol. The van der Waals surface area contributed by atoms with Crippen LogP contribution in [0.4, 0.5) is 0 Å². The summed E-state index contributed by atoms with van der Waals surface area (Å²) in [4.78, 5) is 11.5. The van der Waals surface area contributed by atoms with Gasteiger partial charge in [0.1, 0.15) is 5.82 Å². The van der Waals surface area contributed by atoms with Crippen molar-refractivity contribution in [2.24, 2.45) is 0 Å². The zero-order valence-electron chi connectivity index (χ0n) is 21.0. The van der Waals surface area contributed by atoms with Gasteiger partial charge < -0.3 is 17.2 Å². The van der Waals surface area contributed by atoms with Gasteiger partial charge in [-0.25, -0.2) is 9.97 Å². The summed E-state index contributed by atoms with van der Waals surface area (Å²) in [6.07, 6.45) is 1.91. The molecule has 6 rings (SSSR count). The Morgan fingerprint density at radius 2 is 1.70 bits per heavy atom. The van der Waals surface area contributed by atoms with Crippen molar-refractivity contribution < 1.29 is 21.1 Å². The molecule has 3 aromatic carbocycles. The molecular weight excluding hydrogens is 674 g/mol. The molecule has 3 aromatic heterocycles. The molecule has 0 bridgehead atoms. The maximum atomic E-state index is 5.64. The van der Waals surface area contributed by atoms with Gasteiger partial charge in [0, 0.05) is 11.7 Å². The molecule has 3 heterocycles. The van der Waals surface area contributed by atoms with Crippen molar-refractivity contribution in [2.75, 3.05) is 0 Å². The molecular formula is C31H25N3PtS2. The minimum Gasteiger partial charge on any atom is -0.777 e. The van der Waals surface area contributed by atoms with E-state index < -0.39 is 0 Å². The molecule has 0 aliphatic rings. The number of para-hydroxylation sites is 1.